The number of hydrogen-bond acceptors (Lipinski definition) is 3. The van der Waals surface area contributed by atoms with Crippen LogP contribution in [0.3, 0.4) is 0 Å². The van der Waals surface area contributed by atoms with Crippen molar-refractivity contribution in [1.29, 1.82) is 0 Å². The molecule has 0 radical (unpaired) electrons. The smallest absolute Gasteiger partial charge is 0.267 e. The van der Waals surface area contributed by atoms with E-state index in [0.29, 0.717) is 10.0 Å². The van der Waals surface area contributed by atoms with Gasteiger partial charge in [-0.2, -0.15) is 0 Å². The van der Waals surface area contributed by atoms with Crippen LogP contribution in [0.5, 0.6) is 0 Å². The third kappa shape index (κ3) is 4.80. The molecule has 2 N–H and O–H groups in total. The number of benzene rings is 2. The summed E-state index contributed by atoms with van der Waals surface area (Å²) in [5.41, 5.74) is 3.23. The molecule has 0 bridgehead atoms. The summed E-state index contributed by atoms with van der Waals surface area (Å²) in [7, 11) is -3.77. The number of sulfonamides is 1. The highest BCUT2D eigenvalue weighted by atomic mass is 79.9. The van der Waals surface area contributed by atoms with Gasteiger partial charge in [0.1, 0.15) is 0 Å². The van der Waals surface area contributed by atoms with Crippen molar-refractivity contribution < 1.29 is 13.2 Å². The molecule has 0 spiro atoms. The second kappa shape index (κ2) is 7.35. The molecule has 2 rings (SSSR count). The van der Waals surface area contributed by atoms with Crippen LogP contribution in [0.1, 0.15) is 15.9 Å². The van der Waals surface area contributed by atoms with Crippen LogP contribution in [0.4, 0.5) is 0 Å². The number of carbonyl (C=O) groups excluding carboxylic acids is 1. The van der Waals surface area contributed by atoms with Crippen molar-refractivity contribution in [2.75, 3.05) is 0 Å². The molecule has 0 aliphatic heterocycles. The minimum absolute atomic E-state index is 0.331. The first kappa shape index (κ1) is 16.4. The SMILES string of the molecule is O=C(NNS(=O)(=O)/C=C/c1ccccc1)c1ccccc1Br. The summed E-state index contributed by atoms with van der Waals surface area (Å²) in [5, 5.41) is 0.989. The molecule has 7 heteroatoms. The highest BCUT2D eigenvalue weighted by molar-refractivity contribution is 9.10. The third-order valence-corrected chi connectivity index (χ3v) is 4.24. The van der Waals surface area contributed by atoms with Crippen molar-refractivity contribution in [1.82, 2.24) is 10.3 Å². The Kier molecular flexibility index (Phi) is 5.48. The van der Waals surface area contributed by atoms with E-state index in [1.165, 1.54) is 6.08 Å². The van der Waals surface area contributed by atoms with E-state index in [-0.39, 0.29) is 0 Å². The van der Waals surface area contributed by atoms with Crippen LogP contribution in [0.2, 0.25) is 0 Å². The largest absolute Gasteiger partial charge is 0.273 e. The molecule has 0 aliphatic carbocycles. The van der Waals surface area contributed by atoms with E-state index in [0.717, 1.165) is 11.0 Å². The standard InChI is InChI=1S/C15H13BrN2O3S/c16-14-9-5-4-8-13(14)15(19)17-18-22(20,21)11-10-12-6-2-1-3-7-12/h1-11,18H,(H,17,19)/b11-10+. The quantitative estimate of drug-likeness (QED) is 0.782. The van der Waals surface area contributed by atoms with Gasteiger partial charge >= 0.3 is 0 Å². The van der Waals surface area contributed by atoms with Crippen molar-refractivity contribution in [3.05, 3.63) is 75.6 Å². The monoisotopic (exact) mass is 380 g/mol. The Bertz CT molecular complexity index is 789. The Morgan fingerprint density at radius 1 is 1.00 bits per heavy atom. The molecule has 0 fully saturated rings. The van der Waals surface area contributed by atoms with E-state index in [2.05, 4.69) is 21.4 Å². The molecule has 5 nitrogen and oxygen atoms in total. The van der Waals surface area contributed by atoms with Crippen LogP contribution in [0, 0.1) is 0 Å². The average molecular weight is 381 g/mol. The molecule has 0 heterocycles. The summed E-state index contributed by atoms with van der Waals surface area (Å²) in [6.07, 6.45) is 1.44. The lowest BCUT2D eigenvalue weighted by Gasteiger charge is -2.07. The molecule has 22 heavy (non-hydrogen) atoms. The summed E-state index contributed by atoms with van der Waals surface area (Å²) < 4.78 is 24.2. The Morgan fingerprint density at radius 3 is 2.32 bits per heavy atom. The lowest BCUT2D eigenvalue weighted by Crippen LogP contribution is -2.40. The maximum atomic E-state index is 11.9. The van der Waals surface area contributed by atoms with Gasteiger partial charge in [0.25, 0.3) is 15.9 Å². The summed E-state index contributed by atoms with van der Waals surface area (Å²) in [6.45, 7) is 0. The van der Waals surface area contributed by atoms with E-state index >= 15 is 0 Å². The fraction of sp³-hybridized carbons (Fsp3) is 0. The van der Waals surface area contributed by atoms with Gasteiger partial charge in [-0.15, -0.1) is 4.83 Å². The number of nitrogens with one attached hydrogen (secondary N) is 2. The molecule has 0 atom stereocenters. The first-order valence-corrected chi connectivity index (χ1v) is 8.62. The number of hydrogen-bond donors (Lipinski definition) is 2. The summed E-state index contributed by atoms with van der Waals surface area (Å²) >= 11 is 3.23. The van der Waals surface area contributed by atoms with Crippen LogP contribution in [0.15, 0.2) is 64.5 Å². The number of halogens is 1. The van der Waals surface area contributed by atoms with E-state index in [9.17, 15) is 13.2 Å². The first-order chi connectivity index (χ1) is 10.5. The lowest BCUT2D eigenvalue weighted by atomic mass is 10.2. The molecule has 114 valence electrons. The van der Waals surface area contributed by atoms with Crippen LogP contribution in [-0.4, -0.2) is 14.3 Å². The van der Waals surface area contributed by atoms with Gasteiger partial charge < -0.3 is 0 Å². The fourth-order valence-corrected chi connectivity index (χ4v) is 2.70. The minimum Gasteiger partial charge on any atom is -0.273 e. The molecule has 0 unspecified atom stereocenters. The van der Waals surface area contributed by atoms with Crippen LogP contribution in [0.25, 0.3) is 6.08 Å². The van der Waals surface area contributed by atoms with Gasteiger partial charge in [-0.1, -0.05) is 42.5 Å². The van der Waals surface area contributed by atoms with Gasteiger partial charge in [0.2, 0.25) is 0 Å². The molecule has 0 saturated carbocycles. The van der Waals surface area contributed by atoms with Crippen LogP contribution < -0.4 is 10.3 Å². The molecule has 2 aromatic carbocycles. The van der Waals surface area contributed by atoms with Gasteiger partial charge in [0.05, 0.1) is 5.56 Å². The summed E-state index contributed by atoms with van der Waals surface area (Å²) in [5.74, 6) is -0.552. The maximum absolute atomic E-state index is 11.9. The number of amides is 1. The zero-order chi connectivity index (χ0) is 16.0. The zero-order valence-corrected chi connectivity index (χ0v) is 13.8. The Labute approximate surface area is 137 Å². The Balaban J connectivity index is 2.00. The molecular formula is C15H13BrN2O3S. The van der Waals surface area contributed by atoms with Crippen LogP contribution in [-0.2, 0) is 10.0 Å². The van der Waals surface area contributed by atoms with Crippen molar-refractivity contribution in [2.45, 2.75) is 0 Å². The normalized spacial score (nSPS) is 11.5. The van der Waals surface area contributed by atoms with E-state index in [4.69, 9.17) is 0 Å². The Hall–Kier alpha value is -1.96. The number of rotatable bonds is 5. The van der Waals surface area contributed by atoms with Gasteiger partial charge in [0, 0.05) is 9.88 Å². The van der Waals surface area contributed by atoms with Gasteiger partial charge in [0.15, 0.2) is 0 Å². The summed E-state index contributed by atoms with van der Waals surface area (Å²) in [6, 6.07) is 15.7. The molecule has 0 aromatic heterocycles. The second-order valence-corrected chi connectivity index (χ2v) is 6.72. The second-order valence-electron chi connectivity index (χ2n) is 4.29. The maximum Gasteiger partial charge on any atom is 0.267 e. The lowest BCUT2D eigenvalue weighted by molar-refractivity contribution is 0.0944. The topological polar surface area (TPSA) is 75.3 Å². The predicted octanol–water partition coefficient (Wildman–Crippen LogP) is 2.68. The number of carbonyl (C=O) groups is 1. The number of hydrazine groups is 1. The molecule has 0 saturated heterocycles. The third-order valence-electron chi connectivity index (χ3n) is 2.66. The highest BCUT2D eigenvalue weighted by Crippen LogP contribution is 2.15. The highest BCUT2D eigenvalue weighted by Gasteiger charge is 2.11. The van der Waals surface area contributed by atoms with Gasteiger partial charge in [-0.3, -0.25) is 10.2 Å². The Morgan fingerprint density at radius 2 is 1.64 bits per heavy atom. The van der Waals surface area contributed by atoms with E-state index < -0.39 is 15.9 Å². The van der Waals surface area contributed by atoms with E-state index in [1.54, 1.807) is 48.5 Å². The summed E-state index contributed by atoms with van der Waals surface area (Å²) in [4.78, 5) is 13.9. The first-order valence-electron chi connectivity index (χ1n) is 6.28. The molecule has 0 aliphatic rings. The zero-order valence-electron chi connectivity index (χ0n) is 11.4. The van der Waals surface area contributed by atoms with Crippen LogP contribution >= 0.6 is 15.9 Å². The molecular weight excluding hydrogens is 368 g/mol. The van der Waals surface area contributed by atoms with Crippen molar-refractivity contribution in [3.8, 4) is 0 Å². The average Bonchev–Trinajstić information content (AvgIpc) is 2.52. The fourth-order valence-electron chi connectivity index (χ4n) is 1.60. The van der Waals surface area contributed by atoms with Crippen molar-refractivity contribution in [3.63, 3.8) is 0 Å². The van der Waals surface area contributed by atoms with Gasteiger partial charge in [-0.05, 0) is 39.7 Å². The molecule has 2 aromatic rings. The molecule has 1 amide bonds. The van der Waals surface area contributed by atoms with Gasteiger partial charge in [-0.25, -0.2) is 8.42 Å². The predicted molar refractivity (Wildman–Crippen MR) is 89.1 cm³/mol. The van der Waals surface area contributed by atoms with E-state index in [1.807, 2.05) is 10.9 Å². The van der Waals surface area contributed by atoms with Crippen molar-refractivity contribution >= 4 is 37.9 Å². The minimum atomic E-state index is -3.77. The van der Waals surface area contributed by atoms with Crippen molar-refractivity contribution in [2.24, 2.45) is 0 Å².